The van der Waals surface area contributed by atoms with E-state index in [2.05, 4.69) is 15.9 Å². The van der Waals surface area contributed by atoms with Crippen LogP contribution < -0.4 is 0 Å². The lowest BCUT2D eigenvalue weighted by Crippen LogP contribution is -2.13. The van der Waals surface area contributed by atoms with Crippen molar-refractivity contribution in [1.82, 2.24) is 0 Å². The molecule has 13 heavy (non-hydrogen) atoms. The molecule has 0 aliphatic heterocycles. The number of rotatable bonds is 2. The van der Waals surface area contributed by atoms with Crippen molar-refractivity contribution in [2.45, 2.75) is 6.92 Å². The van der Waals surface area contributed by atoms with E-state index in [1.165, 1.54) is 6.07 Å². The summed E-state index contributed by atoms with van der Waals surface area (Å²) in [6.07, 6.45) is 0. The van der Waals surface area contributed by atoms with E-state index in [4.69, 9.17) is 5.11 Å². The average Bonchev–Trinajstić information content (AvgIpc) is 2.03. The second kappa shape index (κ2) is 3.70. The van der Waals surface area contributed by atoms with E-state index in [9.17, 15) is 9.59 Å². The minimum atomic E-state index is -1.44. The Kier molecular flexibility index (Phi) is 2.83. The highest BCUT2D eigenvalue weighted by Crippen LogP contribution is 2.18. The highest BCUT2D eigenvalue weighted by atomic mass is 79.9. The first kappa shape index (κ1) is 9.92. The monoisotopic (exact) mass is 242 g/mol. The van der Waals surface area contributed by atoms with Crippen LogP contribution in [0.25, 0.3) is 0 Å². The van der Waals surface area contributed by atoms with Gasteiger partial charge in [-0.1, -0.05) is 22.0 Å². The molecular formula is C9H7BrO3. The van der Waals surface area contributed by atoms with Crippen molar-refractivity contribution in [1.29, 1.82) is 0 Å². The second-order valence-corrected chi connectivity index (χ2v) is 3.47. The number of hydrogen-bond donors (Lipinski definition) is 1. The maximum absolute atomic E-state index is 11.0. The Morgan fingerprint density at radius 3 is 2.46 bits per heavy atom. The molecule has 3 nitrogen and oxygen atoms in total. The maximum atomic E-state index is 11.0. The number of carboxylic acids is 1. The smallest absolute Gasteiger partial charge is 0.377 e. The summed E-state index contributed by atoms with van der Waals surface area (Å²) in [7, 11) is 0. The fourth-order valence-corrected chi connectivity index (χ4v) is 1.59. The van der Waals surface area contributed by atoms with Crippen LogP contribution >= 0.6 is 15.9 Å². The van der Waals surface area contributed by atoms with Crippen molar-refractivity contribution >= 4 is 27.7 Å². The van der Waals surface area contributed by atoms with Gasteiger partial charge < -0.3 is 5.11 Å². The Morgan fingerprint density at radius 2 is 2.00 bits per heavy atom. The lowest BCUT2D eigenvalue weighted by atomic mass is 10.1. The Bertz CT molecular complexity index is 371. The number of carboxylic acid groups (broad SMARTS) is 1. The van der Waals surface area contributed by atoms with E-state index in [-0.39, 0.29) is 5.56 Å². The molecule has 0 radical (unpaired) electrons. The zero-order valence-corrected chi connectivity index (χ0v) is 8.46. The molecule has 0 aliphatic rings. The predicted molar refractivity (Wildman–Crippen MR) is 50.8 cm³/mol. The van der Waals surface area contributed by atoms with Crippen molar-refractivity contribution in [3.8, 4) is 0 Å². The molecule has 0 saturated heterocycles. The highest BCUT2D eigenvalue weighted by molar-refractivity contribution is 9.10. The summed E-state index contributed by atoms with van der Waals surface area (Å²) < 4.78 is 0.514. The third-order valence-corrected chi connectivity index (χ3v) is 2.22. The fraction of sp³-hybridized carbons (Fsp3) is 0.111. The number of aliphatic carboxylic acids is 1. The van der Waals surface area contributed by atoms with E-state index in [1.54, 1.807) is 12.1 Å². The first-order chi connectivity index (χ1) is 6.02. The number of halogens is 1. The molecule has 0 spiro atoms. The minimum Gasteiger partial charge on any atom is -0.475 e. The summed E-state index contributed by atoms with van der Waals surface area (Å²) in [5.74, 6) is -2.34. The number of carbonyl (C=O) groups is 2. The van der Waals surface area contributed by atoms with Gasteiger partial charge in [-0.3, -0.25) is 4.79 Å². The lowest BCUT2D eigenvalue weighted by molar-refractivity contribution is -0.131. The van der Waals surface area contributed by atoms with Gasteiger partial charge >= 0.3 is 5.97 Å². The van der Waals surface area contributed by atoms with Gasteiger partial charge in [0.15, 0.2) is 0 Å². The van der Waals surface area contributed by atoms with Crippen LogP contribution in [0.4, 0.5) is 0 Å². The quantitative estimate of drug-likeness (QED) is 0.638. The van der Waals surface area contributed by atoms with Crippen molar-refractivity contribution in [2.75, 3.05) is 0 Å². The van der Waals surface area contributed by atoms with E-state index in [1.807, 2.05) is 6.92 Å². The molecular weight excluding hydrogens is 236 g/mol. The van der Waals surface area contributed by atoms with Gasteiger partial charge in [0.1, 0.15) is 0 Å². The van der Waals surface area contributed by atoms with E-state index < -0.39 is 11.8 Å². The molecule has 1 N–H and O–H groups in total. The summed E-state index contributed by atoms with van der Waals surface area (Å²) in [6, 6.07) is 4.90. The van der Waals surface area contributed by atoms with Gasteiger partial charge in [-0.25, -0.2) is 4.79 Å². The molecule has 1 aromatic rings. The molecule has 0 amide bonds. The topological polar surface area (TPSA) is 54.4 Å². The van der Waals surface area contributed by atoms with Gasteiger partial charge in [0, 0.05) is 10.0 Å². The Balaban J connectivity index is 3.16. The average molecular weight is 243 g/mol. The van der Waals surface area contributed by atoms with Crippen LogP contribution in [-0.2, 0) is 4.79 Å². The molecule has 1 rings (SSSR count). The summed E-state index contributed by atoms with van der Waals surface area (Å²) >= 11 is 3.13. The largest absolute Gasteiger partial charge is 0.475 e. The number of carbonyl (C=O) groups excluding carboxylic acids is 1. The maximum Gasteiger partial charge on any atom is 0.377 e. The molecule has 0 heterocycles. The molecule has 0 atom stereocenters. The van der Waals surface area contributed by atoms with Crippen molar-refractivity contribution in [3.63, 3.8) is 0 Å². The molecule has 0 fully saturated rings. The minimum absolute atomic E-state index is 0.179. The molecule has 0 aromatic heterocycles. The molecule has 0 unspecified atom stereocenters. The van der Waals surface area contributed by atoms with Crippen LogP contribution in [0.15, 0.2) is 22.7 Å². The number of hydrogen-bond acceptors (Lipinski definition) is 2. The van der Waals surface area contributed by atoms with Crippen molar-refractivity contribution in [2.24, 2.45) is 0 Å². The molecule has 0 aliphatic carbocycles. The highest BCUT2D eigenvalue weighted by Gasteiger charge is 2.16. The van der Waals surface area contributed by atoms with Crippen molar-refractivity contribution < 1.29 is 14.7 Å². The lowest BCUT2D eigenvalue weighted by Gasteiger charge is -2.00. The summed E-state index contributed by atoms with van der Waals surface area (Å²) in [6.45, 7) is 1.86. The fourth-order valence-electron chi connectivity index (χ4n) is 0.919. The van der Waals surface area contributed by atoms with E-state index in [0.717, 1.165) is 5.56 Å². The summed E-state index contributed by atoms with van der Waals surface area (Å²) in [5.41, 5.74) is 1.15. The van der Waals surface area contributed by atoms with Gasteiger partial charge in [-0.05, 0) is 24.6 Å². The number of aryl methyl sites for hydroxylation is 1. The zero-order valence-electron chi connectivity index (χ0n) is 6.87. The Morgan fingerprint density at radius 1 is 1.38 bits per heavy atom. The van der Waals surface area contributed by atoms with Crippen LogP contribution in [0.2, 0.25) is 0 Å². The van der Waals surface area contributed by atoms with Crippen LogP contribution in [0.5, 0.6) is 0 Å². The zero-order chi connectivity index (χ0) is 10.0. The summed E-state index contributed by atoms with van der Waals surface area (Å²) in [5, 5.41) is 8.46. The number of benzene rings is 1. The van der Waals surface area contributed by atoms with Gasteiger partial charge in [0.25, 0.3) is 5.78 Å². The van der Waals surface area contributed by atoms with E-state index >= 15 is 0 Å². The number of Topliss-reactive ketones (excluding diaryl/α,β-unsaturated/α-hetero) is 1. The summed E-state index contributed by atoms with van der Waals surface area (Å²) in [4.78, 5) is 21.4. The molecule has 0 saturated carbocycles. The third kappa shape index (κ3) is 2.15. The SMILES string of the molecule is Cc1ccc(C(=O)C(=O)O)c(Br)c1. The standard InChI is InChI=1S/C9H7BrO3/c1-5-2-3-6(7(10)4-5)8(11)9(12)13/h2-4H,1H3,(H,12,13). The predicted octanol–water partition coefficient (Wildman–Crippen LogP) is 2.02. The van der Waals surface area contributed by atoms with Gasteiger partial charge in [-0.15, -0.1) is 0 Å². The van der Waals surface area contributed by atoms with E-state index in [0.29, 0.717) is 4.47 Å². The van der Waals surface area contributed by atoms with Crippen LogP contribution in [0.1, 0.15) is 15.9 Å². The van der Waals surface area contributed by atoms with Crippen LogP contribution in [-0.4, -0.2) is 16.9 Å². The molecule has 68 valence electrons. The molecule has 0 bridgehead atoms. The number of ketones is 1. The Labute approximate surface area is 83.5 Å². The van der Waals surface area contributed by atoms with Crippen LogP contribution in [0, 0.1) is 6.92 Å². The van der Waals surface area contributed by atoms with Crippen molar-refractivity contribution in [3.05, 3.63) is 33.8 Å². The third-order valence-electron chi connectivity index (χ3n) is 1.56. The van der Waals surface area contributed by atoms with Gasteiger partial charge in [-0.2, -0.15) is 0 Å². The van der Waals surface area contributed by atoms with Gasteiger partial charge in [0.05, 0.1) is 0 Å². The normalized spacial score (nSPS) is 9.69. The molecule has 1 aromatic carbocycles. The molecule has 4 heteroatoms. The Hall–Kier alpha value is -1.16. The van der Waals surface area contributed by atoms with Crippen LogP contribution in [0.3, 0.4) is 0 Å². The van der Waals surface area contributed by atoms with Gasteiger partial charge in [0.2, 0.25) is 0 Å². The first-order valence-electron chi connectivity index (χ1n) is 3.56. The second-order valence-electron chi connectivity index (χ2n) is 2.62. The first-order valence-corrected chi connectivity index (χ1v) is 4.35.